The molecule has 1 N–H and O–H groups in total. The molecule has 0 spiro atoms. The van der Waals surface area contributed by atoms with Gasteiger partial charge in [-0.05, 0) is 19.1 Å². The number of hydrogen-bond donors (Lipinski definition) is 1. The van der Waals surface area contributed by atoms with Gasteiger partial charge in [0, 0.05) is 15.6 Å². The average molecular weight is 287 g/mol. The van der Waals surface area contributed by atoms with Crippen molar-refractivity contribution in [1.82, 2.24) is 0 Å². The summed E-state index contributed by atoms with van der Waals surface area (Å²) in [4.78, 5) is 22.7. The Hall–Kier alpha value is -1.52. The SMILES string of the molecule is CC(=O)C1=C(O)C(=O)O[C@@H]1c1ccc(Cl)cc1Cl. The fourth-order valence-electron chi connectivity index (χ4n) is 1.74. The molecule has 0 fully saturated rings. The number of aliphatic hydroxyl groups excluding tert-OH is 1. The van der Waals surface area contributed by atoms with Gasteiger partial charge in [0.15, 0.2) is 11.9 Å². The summed E-state index contributed by atoms with van der Waals surface area (Å²) in [5.74, 6) is -2.05. The van der Waals surface area contributed by atoms with E-state index >= 15 is 0 Å². The molecule has 0 amide bonds. The van der Waals surface area contributed by atoms with E-state index in [9.17, 15) is 14.7 Å². The number of carbonyl (C=O) groups is 2. The Morgan fingerprint density at radius 2 is 2.06 bits per heavy atom. The quantitative estimate of drug-likeness (QED) is 0.849. The van der Waals surface area contributed by atoms with E-state index in [1.165, 1.54) is 13.0 Å². The second kappa shape index (κ2) is 4.63. The number of benzene rings is 1. The largest absolute Gasteiger partial charge is 0.501 e. The predicted molar refractivity (Wildman–Crippen MR) is 65.6 cm³/mol. The Morgan fingerprint density at radius 1 is 1.39 bits per heavy atom. The fraction of sp³-hybridized carbons (Fsp3) is 0.167. The molecule has 6 heteroatoms. The molecule has 18 heavy (non-hydrogen) atoms. The topological polar surface area (TPSA) is 63.6 Å². The number of carbonyl (C=O) groups excluding carboxylic acids is 2. The molecule has 0 unspecified atom stereocenters. The second-order valence-electron chi connectivity index (χ2n) is 3.77. The van der Waals surface area contributed by atoms with Gasteiger partial charge >= 0.3 is 5.97 Å². The molecule has 94 valence electrons. The van der Waals surface area contributed by atoms with Crippen molar-refractivity contribution in [2.75, 3.05) is 0 Å². The normalized spacial score (nSPS) is 19.1. The van der Waals surface area contributed by atoms with E-state index in [4.69, 9.17) is 27.9 Å². The lowest BCUT2D eigenvalue weighted by atomic mass is 9.99. The lowest BCUT2D eigenvalue weighted by molar-refractivity contribution is -0.142. The molecular formula is C12H8Cl2O4. The molecule has 0 saturated heterocycles. The van der Waals surface area contributed by atoms with Crippen molar-refractivity contribution in [1.29, 1.82) is 0 Å². The number of ketones is 1. The standard InChI is InChI=1S/C12H8Cl2O4/c1-5(15)9-10(16)12(17)18-11(9)7-3-2-6(13)4-8(7)14/h2-4,11,16H,1H3/t11-/m1/s1. The van der Waals surface area contributed by atoms with E-state index in [2.05, 4.69) is 0 Å². The molecule has 4 nitrogen and oxygen atoms in total. The maximum atomic E-state index is 11.4. The maximum Gasteiger partial charge on any atom is 0.374 e. The Morgan fingerprint density at radius 3 is 2.61 bits per heavy atom. The molecule has 1 heterocycles. The number of rotatable bonds is 2. The third-order valence-corrected chi connectivity index (χ3v) is 3.12. The summed E-state index contributed by atoms with van der Waals surface area (Å²) < 4.78 is 4.94. The van der Waals surface area contributed by atoms with E-state index in [-0.39, 0.29) is 10.6 Å². The van der Waals surface area contributed by atoms with Gasteiger partial charge in [-0.2, -0.15) is 0 Å². The molecule has 0 radical (unpaired) electrons. The molecule has 1 aromatic carbocycles. The Bertz CT molecular complexity index is 577. The lowest BCUT2D eigenvalue weighted by Crippen LogP contribution is -2.08. The summed E-state index contributed by atoms with van der Waals surface area (Å²) in [7, 11) is 0. The number of cyclic esters (lactones) is 1. The minimum Gasteiger partial charge on any atom is -0.501 e. The molecule has 0 bridgehead atoms. The first-order valence-corrected chi connectivity index (χ1v) is 5.77. The van der Waals surface area contributed by atoms with Gasteiger partial charge in [-0.3, -0.25) is 4.79 Å². The highest BCUT2D eigenvalue weighted by Crippen LogP contribution is 2.38. The number of aliphatic hydroxyl groups is 1. The highest BCUT2D eigenvalue weighted by atomic mass is 35.5. The van der Waals surface area contributed by atoms with Crippen LogP contribution < -0.4 is 0 Å². The van der Waals surface area contributed by atoms with Crippen molar-refractivity contribution >= 4 is 35.0 Å². The van der Waals surface area contributed by atoms with Crippen molar-refractivity contribution in [2.45, 2.75) is 13.0 Å². The van der Waals surface area contributed by atoms with Crippen LogP contribution in [0.15, 0.2) is 29.5 Å². The van der Waals surface area contributed by atoms with E-state index < -0.39 is 23.6 Å². The van der Waals surface area contributed by atoms with E-state index in [1.54, 1.807) is 12.1 Å². The zero-order valence-corrected chi connectivity index (χ0v) is 10.7. The van der Waals surface area contributed by atoms with Crippen LogP contribution in [0.25, 0.3) is 0 Å². The van der Waals surface area contributed by atoms with E-state index in [1.807, 2.05) is 0 Å². The molecule has 2 rings (SSSR count). The van der Waals surface area contributed by atoms with Crippen molar-refractivity contribution < 1.29 is 19.4 Å². The van der Waals surface area contributed by atoms with Gasteiger partial charge < -0.3 is 9.84 Å². The summed E-state index contributed by atoms with van der Waals surface area (Å²) >= 11 is 11.7. The van der Waals surface area contributed by atoms with Crippen LogP contribution >= 0.6 is 23.2 Å². The minimum absolute atomic E-state index is 0.0933. The number of halogens is 2. The third-order valence-electron chi connectivity index (χ3n) is 2.56. The molecule has 1 aromatic rings. The maximum absolute atomic E-state index is 11.4. The van der Waals surface area contributed by atoms with Gasteiger partial charge in [0.2, 0.25) is 5.76 Å². The molecular weight excluding hydrogens is 279 g/mol. The van der Waals surface area contributed by atoms with Crippen LogP contribution in [0, 0.1) is 0 Å². The van der Waals surface area contributed by atoms with Crippen LogP contribution in [-0.4, -0.2) is 16.9 Å². The van der Waals surface area contributed by atoms with Crippen molar-refractivity contribution in [3.63, 3.8) is 0 Å². The zero-order valence-electron chi connectivity index (χ0n) is 9.24. The number of Topliss-reactive ketones (excluding diaryl/α,β-unsaturated/α-hetero) is 1. The van der Waals surface area contributed by atoms with Crippen molar-refractivity contribution in [2.24, 2.45) is 0 Å². The van der Waals surface area contributed by atoms with E-state index in [0.29, 0.717) is 10.6 Å². The summed E-state index contributed by atoms with van der Waals surface area (Å²) in [5, 5.41) is 10.2. The van der Waals surface area contributed by atoms with Crippen LogP contribution in [0.4, 0.5) is 0 Å². The van der Waals surface area contributed by atoms with Crippen molar-refractivity contribution in [3.8, 4) is 0 Å². The summed E-state index contributed by atoms with van der Waals surface area (Å²) in [6, 6.07) is 4.58. The average Bonchev–Trinajstić information content (AvgIpc) is 2.55. The highest BCUT2D eigenvalue weighted by molar-refractivity contribution is 6.35. The zero-order chi connectivity index (χ0) is 13.4. The van der Waals surface area contributed by atoms with Crippen LogP contribution in [0.2, 0.25) is 10.0 Å². The number of hydrogen-bond acceptors (Lipinski definition) is 4. The fourth-order valence-corrected chi connectivity index (χ4v) is 2.25. The van der Waals surface area contributed by atoms with Gasteiger partial charge in [-0.15, -0.1) is 0 Å². The first-order chi connectivity index (χ1) is 8.41. The highest BCUT2D eigenvalue weighted by Gasteiger charge is 2.38. The molecule has 1 aliphatic heterocycles. The van der Waals surface area contributed by atoms with Crippen LogP contribution in [0.5, 0.6) is 0 Å². The first kappa shape index (κ1) is 12.9. The Kier molecular flexibility index (Phi) is 3.32. The van der Waals surface area contributed by atoms with Gasteiger partial charge in [0.1, 0.15) is 0 Å². The third kappa shape index (κ3) is 2.09. The molecule has 1 aliphatic rings. The first-order valence-electron chi connectivity index (χ1n) is 5.02. The van der Waals surface area contributed by atoms with Crippen LogP contribution in [-0.2, 0) is 14.3 Å². The van der Waals surface area contributed by atoms with Gasteiger partial charge in [0.25, 0.3) is 0 Å². The number of ether oxygens (including phenoxy) is 1. The monoisotopic (exact) mass is 286 g/mol. The van der Waals surface area contributed by atoms with E-state index in [0.717, 1.165) is 0 Å². The van der Waals surface area contributed by atoms with Crippen LogP contribution in [0.3, 0.4) is 0 Å². The summed E-state index contributed by atoms with van der Waals surface area (Å²) in [6.07, 6.45) is -0.986. The Labute approximate surface area is 113 Å². The molecule has 0 aromatic heterocycles. The second-order valence-corrected chi connectivity index (χ2v) is 4.61. The number of esters is 1. The molecule has 0 aliphatic carbocycles. The lowest BCUT2D eigenvalue weighted by Gasteiger charge is -2.13. The van der Waals surface area contributed by atoms with Gasteiger partial charge in [-0.1, -0.05) is 29.3 Å². The van der Waals surface area contributed by atoms with Crippen molar-refractivity contribution in [3.05, 3.63) is 45.1 Å². The predicted octanol–water partition coefficient (Wildman–Crippen LogP) is 2.99. The smallest absolute Gasteiger partial charge is 0.374 e. The van der Waals surface area contributed by atoms with Gasteiger partial charge in [0.05, 0.1) is 5.57 Å². The Balaban J connectivity index is 2.52. The summed E-state index contributed by atoms with van der Waals surface area (Å²) in [5.41, 5.74) is 0.313. The summed E-state index contributed by atoms with van der Waals surface area (Å²) in [6.45, 7) is 1.24. The van der Waals surface area contributed by atoms with Crippen LogP contribution in [0.1, 0.15) is 18.6 Å². The van der Waals surface area contributed by atoms with Gasteiger partial charge in [-0.25, -0.2) is 4.79 Å². The minimum atomic E-state index is -0.986. The molecule has 1 atom stereocenters. The molecule has 0 saturated carbocycles.